The minimum absolute atomic E-state index is 0.876. The van der Waals surface area contributed by atoms with Crippen molar-refractivity contribution in [1.82, 2.24) is 4.57 Å². The summed E-state index contributed by atoms with van der Waals surface area (Å²) in [4.78, 5) is 2.45. The van der Waals surface area contributed by atoms with Crippen molar-refractivity contribution in [3.05, 3.63) is 243 Å². The largest absolute Gasteiger partial charge is 0.456 e. The molecule has 0 fully saturated rings. The Labute approximate surface area is 376 Å². The molecule has 0 bridgehead atoms. The highest BCUT2D eigenvalue weighted by Gasteiger charge is 2.23. The van der Waals surface area contributed by atoms with Gasteiger partial charge < -0.3 is 13.9 Å². The van der Waals surface area contributed by atoms with E-state index in [-0.39, 0.29) is 0 Å². The van der Waals surface area contributed by atoms with Crippen molar-refractivity contribution >= 4 is 82.4 Å². The second kappa shape index (κ2) is 15.0. The predicted octanol–water partition coefficient (Wildman–Crippen LogP) is 17.5. The Bertz CT molecular complexity index is 3900. The molecule has 65 heavy (non-hydrogen) atoms. The second-order valence-corrected chi connectivity index (χ2v) is 16.8. The number of hydrogen-bond acceptors (Lipinski definition) is 2. The van der Waals surface area contributed by atoms with E-state index in [1.807, 2.05) is 6.07 Å². The number of para-hydroxylation sites is 5. The predicted molar refractivity (Wildman–Crippen MR) is 274 cm³/mol. The zero-order chi connectivity index (χ0) is 42.8. The maximum atomic E-state index is 6.44. The molecule has 0 aliphatic carbocycles. The first-order valence-corrected chi connectivity index (χ1v) is 22.3. The third-order valence-electron chi connectivity index (χ3n) is 13.2. The molecule has 0 saturated heterocycles. The van der Waals surface area contributed by atoms with Crippen LogP contribution >= 0.6 is 0 Å². The third kappa shape index (κ3) is 5.97. The molecule has 0 aliphatic rings. The summed E-state index contributed by atoms with van der Waals surface area (Å²) in [6.45, 7) is 0. The fourth-order valence-electron chi connectivity index (χ4n) is 10.3. The van der Waals surface area contributed by atoms with Crippen LogP contribution in [0.2, 0.25) is 0 Å². The number of nitrogens with zero attached hydrogens (tertiary/aromatic N) is 2. The van der Waals surface area contributed by atoms with Crippen LogP contribution in [-0.4, -0.2) is 4.57 Å². The Balaban J connectivity index is 0.985. The standard InChI is InChI=1S/C62H40N2O/c1-2-17-46-43(16-1)40-55(48-19-4-3-18-47(46)48)52-23-8-13-29-59(52)64(58-28-12-7-22-51(58)53-25-15-31-61-62(53)54-24-9-14-30-60(54)65-61)45-38-34-42(35-39-45)41-32-36-44(37-33-41)63-56-26-10-5-20-49(56)50-21-6-11-27-57(50)63/h1-40H. The van der Waals surface area contributed by atoms with Crippen LogP contribution in [0, 0.1) is 0 Å². The molecule has 13 rings (SSSR count). The number of hydrogen-bond donors (Lipinski definition) is 0. The van der Waals surface area contributed by atoms with E-state index >= 15 is 0 Å². The number of aromatic nitrogens is 1. The summed E-state index contributed by atoms with van der Waals surface area (Å²) in [6, 6.07) is 87.8. The molecule has 0 saturated carbocycles. The van der Waals surface area contributed by atoms with Gasteiger partial charge in [-0.05, 0) is 111 Å². The van der Waals surface area contributed by atoms with Gasteiger partial charge in [0, 0.05) is 44.0 Å². The van der Waals surface area contributed by atoms with Crippen molar-refractivity contribution in [2.45, 2.75) is 0 Å². The van der Waals surface area contributed by atoms with Crippen molar-refractivity contribution in [2.75, 3.05) is 4.90 Å². The van der Waals surface area contributed by atoms with Gasteiger partial charge in [0.25, 0.3) is 0 Å². The van der Waals surface area contributed by atoms with Gasteiger partial charge in [0.05, 0.1) is 22.4 Å². The molecule has 2 aromatic heterocycles. The minimum atomic E-state index is 0.876. The van der Waals surface area contributed by atoms with Crippen LogP contribution in [0.1, 0.15) is 0 Å². The van der Waals surface area contributed by atoms with Crippen molar-refractivity contribution < 1.29 is 4.42 Å². The summed E-state index contributed by atoms with van der Waals surface area (Å²) in [5.74, 6) is 0. The van der Waals surface area contributed by atoms with E-state index in [2.05, 4.69) is 246 Å². The van der Waals surface area contributed by atoms with Crippen molar-refractivity contribution in [3.8, 4) is 39.1 Å². The van der Waals surface area contributed by atoms with Crippen LogP contribution in [0.5, 0.6) is 0 Å². The lowest BCUT2D eigenvalue weighted by Crippen LogP contribution is -2.12. The Hall–Kier alpha value is -8.66. The van der Waals surface area contributed by atoms with E-state index in [1.165, 1.54) is 48.9 Å². The van der Waals surface area contributed by atoms with Gasteiger partial charge in [0.1, 0.15) is 11.2 Å². The van der Waals surface area contributed by atoms with Crippen LogP contribution in [-0.2, 0) is 0 Å². The Kier molecular flexibility index (Phi) is 8.53. The molecule has 2 heterocycles. The number of anilines is 3. The lowest BCUT2D eigenvalue weighted by molar-refractivity contribution is 0.669. The molecular weight excluding hydrogens is 789 g/mol. The molecule has 11 aromatic carbocycles. The molecule has 0 spiro atoms. The molecule has 0 aliphatic heterocycles. The van der Waals surface area contributed by atoms with Gasteiger partial charge in [0.2, 0.25) is 0 Å². The maximum absolute atomic E-state index is 6.44. The molecule has 3 nitrogen and oxygen atoms in total. The molecule has 0 atom stereocenters. The highest BCUT2D eigenvalue weighted by atomic mass is 16.3. The first kappa shape index (κ1) is 36.9. The fourth-order valence-corrected chi connectivity index (χ4v) is 10.3. The molecule has 0 amide bonds. The van der Waals surface area contributed by atoms with Gasteiger partial charge in [0.15, 0.2) is 0 Å². The average molecular weight is 829 g/mol. The number of fused-ring (bicyclic) bond motifs is 9. The maximum Gasteiger partial charge on any atom is 0.136 e. The summed E-state index contributed by atoms with van der Waals surface area (Å²) < 4.78 is 8.81. The van der Waals surface area contributed by atoms with Crippen molar-refractivity contribution in [3.63, 3.8) is 0 Å². The van der Waals surface area contributed by atoms with Gasteiger partial charge in [-0.2, -0.15) is 0 Å². The van der Waals surface area contributed by atoms with Crippen LogP contribution in [0.15, 0.2) is 247 Å². The zero-order valence-corrected chi connectivity index (χ0v) is 35.4. The quantitative estimate of drug-likeness (QED) is 0.149. The van der Waals surface area contributed by atoms with Crippen LogP contribution < -0.4 is 4.90 Å². The Morgan fingerprint density at radius 3 is 1.51 bits per heavy atom. The topological polar surface area (TPSA) is 21.3 Å². The molecular formula is C62H40N2O. The van der Waals surface area contributed by atoms with E-state index in [9.17, 15) is 0 Å². The van der Waals surface area contributed by atoms with Gasteiger partial charge >= 0.3 is 0 Å². The molecule has 0 N–H and O–H groups in total. The summed E-state index contributed by atoms with van der Waals surface area (Å²) in [5, 5.41) is 9.69. The van der Waals surface area contributed by atoms with Gasteiger partial charge in [-0.3, -0.25) is 0 Å². The summed E-state index contributed by atoms with van der Waals surface area (Å²) in [5.41, 5.74) is 15.5. The number of furan rings is 1. The zero-order valence-electron chi connectivity index (χ0n) is 35.4. The minimum Gasteiger partial charge on any atom is -0.456 e. The van der Waals surface area contributed by atoms with Gasteiger partial charge in [-0.15, -0.1) is 0 Å². The molecule has 0 radical (unpaired) electrons. The lowest BCUT2D eigenvalue weighted by Gasteiger charge is -2.30. The fraction of sp³-hybridized carbons (Fsp3) is 0. The van der Waals surface area contributed by atoms with E-state index in [0.29, 0.717) is 0 Å². The Morgan fingerprint density at radius 2 is 0.815 bits per heavy atom. The average Bonchev–Trinajstić information content (AvgIpc) is 3.93. The SMILES string of the molecule is c1ccc(N(c2ccc(-c3ccc(-n4c5ccccc5c5ccccc54)cc3)cc2)c2ccccc2-c2cccc3oc4ccccc4c23)c(-c2cc3ccccc3c3ccccc23)c1. The monoisotopic (exact) mass is 828 g/mol. The van der Waals surface area contributed by atoms with Gasteiger partial charge in [-0.25, -0.2) is 0 Å². The molecule has 0 unspecified atom stereocenters. The summed E-state index contributed by atoms with van der Waals surface area (Å²) in [7, 11) is 0. The number of rotatable bonds is 7. The van der Waals surface area contributed by atoms with Crippen molar-refractivity contribution in [1.29, 1.82) is 0 Å². The summed E-state index contributed by atoms with van der Waals surface area (Å²) >= 11 is 0. The van der Waals surface area contributed by atoms with Crippen LogP contribution in [0.25, 0.3) is 104 Å². The van der Waals surface area contributed by atoms with E-state index in [4.69, 9.17) is 4.42 Å². The highest BCUT2D eigenvalue weighted by molar-refractivity contribution is 6.16. The first-order valence-electron chi connectivity index (χ1n) is 22.3. The van der Waals surface area contributed by atoms with E-state index in [0.717, 1.165) is 72.5 Å². The van der Waals surface area contributed by atoms with Crippen LogP contribution in [0.3, 0.4) is 0 Å². The second-order valence-electron chi connectivity index (χ2n) is 16.8. The summed E-state index contributed by atoms with van der Waals surface area (Å²) in [6.07, 6.45) is 0. The van der Waals surface area contributed by atoms with E-state index in [1.54, 1.807) is 0 Å². The number of benzene rings is 11. The molecule has 3 heteroatoms. The lowest BCUT2D eigenvalue weighted by atomic mass is 9.91. The van der Waals surface area contributed by atoms with E-state index < -0.39 is 0 Å². The van der Waals surface area contributed by atoms with Gasteiger partial charge in [-0.1, -0.05) is 176 Å². The van der Waals surface area contributed by atoms with Crippen molar-refractivity contribution in [2.24, 2.45) is 0 Å². The normalized spacial score (nSPS) is 11.7. The smallest absolute Gasteiger partial charge is 0.136 e. The third-order valence-corrected chi connectivity index (χ3v) is 13.2. The first-order chi connectivity index (χ1) is 32.3. The molecule has 304 valence electrons. The Morgan fingerprint density at radius 1 is 0.323 bits per heavy atom. The van der Waals surface area contributed by atoms with Crippen LogP contribution in [0.4, 0.5) is 17.1 Å². The molecule has 13 aromatic rings. The highest BCUT2D eigenvalue weighted by Crippen LogP contribution is 2.48.